The third-order valence-corrected chi connectivity index (χ3v) is 10.7. The van der Waals surface area contributed by atoms with E-state index < -0.39 is 0 Å². The van der Waals surface area contributed by atoms with E-state index in [0.29, 0.717) is 27.6 Å². The number of aromatic nitrogens is 2. The summed E-state index contributed by atoms with van der Waals surface area (Å²) in [5.41, 5.74) is 4.71. The van der Waals surface area contributed by atoms with Gasteiger partial charge in [-0.1, -0.05) is 53.4 Å². The van der Waals surface area contributed by atoms with Crippen molar-refractivity contribution in [3.8, 4) is 5.69 Å². The van der Waals surface area contributed by atoms with Crippen molar-refractivity contribution in [2.75, 3.05) is 0 Å². The minimum Gasteiger partial charge on any atom is -0.347 e. The lowest BCUT2D eigenvalue weighted by Crippen LogP contribution is -2.55. The third kappa shape index (κ3) is 4.91. The van der Waals surface area contributed by atoms with Gasteiger partial charge in [0.25, 0.3) is 5.91 Å². The molecule has 1 atom stereocenters. The van der Waals surface area contributed by atoms with Crippen molar-refractivity contribution < 1.29 is 4.79 Å². The summed E-state index contributed by atoms with van der Waals surface area (Å²) in [7, 11) is 0. The Labute approximate surface area is 245 Å². The standard InChI is InChI=1S/C32H34Cl3N3O/c33-24-6-3-4-18(16-24)11-21-5-1-2-7-26-30(37-38(31(21)26)28-9-8-25(34)17-27(28)35)32(39)36-29-22-12-19-10-20(14-22)15-23(29)13-19/h3-4,6,8-9,16-17,19-23,29H,1-2,5,7,10-15H2,(H,36,39). The van der Waals surface area contributed by atoms with Crippen LogP contribution in [0.15, 0.2) is 42.5 Å². The molecule has 1 amide bonds. The van der Waals surface area contributed by atoms with Crippen LogP contribution in [-0.4, -0.2) is 21.7 Å². The molecule has 4 bridgehead atoms. The van der Waals surface area contributed by atoms with Gasteiger partial charge in [0.2, 0.25) is 0 Å². The van der Waals surface area contributed by atoms with Gasteiger partial charge in [-0.15, -0.1) is 0 Å². The summed E-state index contributed by atoms with van der Waals surface area (Å²) in [6.07, 6.45) is 11.3. The van der Waals surface area contributed by atoms with Gasteiger partial charge in [-0.05, 0) is 117 Å². The molecule has 0 spiro atoms. The molecule has 5 aliphatic carbocycles. The number of halogens is 3. The second kappa shape index (κ2) is 10.4. The molecule has 1 aromatic heterocycles. The van der Waals surface area contributed by atoms with E-state index in [1.807, 2.05) is 35.0 Å². The maximum Gasteiger partial charge on any atom is 0.272 e. The molecule has 7 heteroatoms. The number of carbonyl (C=O) groups excluding carboxylic acids is 1. The minimum absolute atomic E-state index is 0.0176. The fraction of sp³-hybridized carbons (Fsp3) is 0.500. The van der Waals surface area contributed by atoms with E-state index in [4.69, 9.17) is 39.9 Å². The molecule has 204 valence electrons. The molecule has 3 aromatic rings. The number of nitrogens with one attached hydrogen (secondary N) is 1. The molecule has 1 unspecified atom stereocenters. The maximum atomic E-state index is 14.1. The summed E-state index contributed by atoms with van der Waals surface area (Å²) in [6.45, 7) is 0. The van der Waals surface area contributed by atoms with Crippen molar-refractivity contribution in [2.45, 2.75) is 76.2 Å². The first-order valence-corrected chi connectivity index (χ1v) is 15.7. The van der Waals surface area contributed by atoms with Gasteiger partial charge in [0.1, 0.15) is 0 Å². The summed E-state index contributed by atoms with van der Waals surface area (Å²) in [5.74, 6) is 3.16. The maximum absolute atomic E-state index is 14.1. The van der Waals surface area contributed by atoms with Gasteiger partial charge in [-0.25, -0.2) is 4.68 Å². The van der Waals surface area contributed by atoms with Crippen molar-refractivity contribution in [2.24, 2.45) is 23.7 Å². The van der Waals surface area contributed by atoms with Gasteiger partial charge in [0.05, 0.1) is 16.4 Å². The number of fused-ring (bicyclic) bond motifs is 1. The average Bonchev–Trinajstić information content (AvgIpc) is 3.14. The predicted octanol–water partition coefficient (Wildman–Crippen LogP) is 8.44. The molecule has 1 heterocycles. The molecule has 8 rings (SSSR count). The Bertz CT molecular complexity index is 1390. The van der Waals surface area contributed by atoms with Gasteiger partial charge in [0, 0.05) is 27.6 Å². The van der Waals surface area contributed by atoms with Crippen LogP contribution in [0.2, 0.25) is 15.1 Å². The molecule has 4 saturated carbocycles. The van der Waals surface area contributed by atoms with Crippen molar-refractivity contribution in [1.29, 1.82) is 0 Å². The largest absolute Gasteiger partial charge is 0.347 e. The molecule has 1 N–H and O–H groups in total. The fourth-order valence-corrected chi connectivity index (χ4v) is 9.21. The Morgan fingerprint density at radius 2 is 1.67 bits per heavy atom. The SMILES string of the molecule is O=C(NC1C2CC3CC(C2)CC1C3)c1nn(-c2ccc(Cl)cc2Cl)c2c1CCCCC2Cc1cccc(Cl)c1. The van der Waals surface area contributed by atoms with Crippen molar-refractivity contribution in [3.63, 3.8) is 0 Å². The monoisotopic (exact) mass is 581 g/mol. The van der Waals surface area contributed by atoms with Gasteiger partial charge in [0.15, 0.2) is 5.69 Å². The van der Waals surface area contributed by atoms with Crippen molar-refractivity contribution >= 4 is 40.7 Å². The Balaban J connectivity index is 1.28. The summed E-state index contributed by atoms with van der Waals surface area (Å²) >= 11 is 19.3. The minimum atomic E-state index is -0.0176. The van der Waals surface area contributed by atoms with Crippen LogP contribution in [0.4, 0.5) is 0 Å². The van der Waals surface area contributed by atoms with Gasteiger partial charge >= 0.3 is 0 Å². The van der Waals surface area contributed by atoms with Crippen LogP contribution in [0.25, 0.3) is 5.69 Å². The van der Waals surface area contributed by atoms with Crippen LogP contribution < -0.4 is 5.32 Å². The van der Waals surface area contributed by atoms with Crippen LogP contribution in [0, 0.1) is 23.7 Å². The predicted molar refractivity (Wildman–Crippen MR) is 157 cm³/mol. The van der Waals surface area contributed by atoms with E-state index in [1.165, 1.54) is 37.7 Å². The Morgan fingerprint density at radius 1 is 0.923 bits per heavy atom. The summed E-state index contributed by atoms with van der Waals surface area (Å²) < 4.78 is 1.94. The molecular formula is C32H34Cl3N3O. The number of hydrogen-bond acceptors (Lipinski definition) is 2. The number of rotatable bonds is 5. The van der Waals surface area contributed by atoms with E-state index in [-0.39, 0.29) is 17.9 Å². The fourth-order valence-electron chi connectivity index (χ4n) is 8.51. The summed E-state index contributed by atoms with van der Waals surface area (Å²) in [4.78, 5) is 14.1. The molecule has 4 nitrogen and oxygen atoms in total. The van der Waals surface area contributed by atoms with Gasteiger partial charge in [-0.3, -0.25) is 4.79 Å². The normalized spacial score (nSPS) is 29.2. The van der Waals surface area contributed by atoms with E-state index in [9.17, 15) is 4.79 Å². The summed E-state index contributed by atoms with van der Waals surface area (Å²) in [6, 6.07) is 13.9. The molecular weight excluding hydrogens is 549 g/mol. The van der Waals surface area contributed by atoms with E-state index >= 15 is 0 Å². The molecule has 0 aliphatic heterocycles. The highest BCUT2D eigenvalue weighted by atomic mass is 35.5. The lowest BCUT2D eigenvalue weighted by molar-refractivity contribution is -0.0120. The van der Waals surface area contributed by atoms with Crippen LogP contribution in [0.1, 0.15) is 84.6 Å². The lowest BCUT2D eigenvalue weighted by Gasteiger charge is -2.54. The topological polar surface area (TPSA) is 46.9 Å². The number of amides is 1. The third-order valence-electron chi connectivity index (χ3n) is 9.89. The van der Waals surface area contributed by atoms with Crippen LogP contribution in [0.3, 0.4) is 0 Å². The first-order valence-electron chi connectivity index (χ1n) is 14.6. The number of hydrogen-bond donors (Lipinski definition) is 1. The zero-order valence-corrected chi connectivity index (χ0v) is 24.3. The highest BCUT2D eigenvalue weighted by molar-refractivity contribution is 6.35. The number of nitrogens with zero attached hydrogens (tertiary/aromatic N) is 2. The average molecular weight is 583 g/mol. The van der Waals surface area contributed by atoms with E-state index in [2.05, 4.69) is 11.4 Å². The zero-order chi connectivity index (χ0) is 26.7. The smallest absolute Gasteiger partial charge is 0.272 e. The Hall–Kier alpha value is -2.01. The molecule has 4 fully saturated rings. The lowest BCUT2D eigenvalue weighted by atomic mass is 9.54. The number of carbonyl (C=O) groups is 1. The van der Waals surface area contributed by atoms with Crippen molar-refractivity contribution in [3.05, 3.63) is 80.0 Å². The van der Waals surface area contributed by atoms with Crippen LogP contribution in [0.5, 0.6) is 0 Å². The Morgan fingerprint density at radius 3 is 2.38 bits per heavy atom. The quantitative estimate of drug-likeness (QED) is 0.307. The second-order valence-corrected chi connectivity index (χ2v) is 13.7. The second-order valence-electron chi connectivity index (χ2n) is 12.4. The highest BCUT2D eigenvalue weighted by Crippen LogP contribution is 2.53. The van der Waals surface area contributed by atoms with E-state index in [1.54, 1.807) is 6.07 Å². The van der Waals surface area contributed by atoms with E-state index in [0.717, 1.165) is 65.9 Å². The first kappa shape index (κ1) is 25.9. The Kier molecular flexibility index (Phi) is 6.93. The molecule has 2 aromatic carbocycles. The van der Waals surface area contributed by atoms with Crippen LogP contribution in [-0.2, 0) is 12.8 Å². The first-order chi connectivity index (χ1) is 18.9. The zero-order valence-electron chi connectivity index (χ0n) is 22.0. The summed E-state index contributed by atoms with van der Waals surface area (Å²) in [5, 5.41) is 10.4. The van der Waals surface area contributed by atoms with Gasteiger partial charge < -0.3 is 5.32 Å². The number of benzene rings is 2. The van der Waals surface area contributed by atoms with Gasteiger partial charge in [-0.2, -0.15) is 5.10 Å². The molecule has 0 radical (unpaired) electrons. The van der Waals surface area contributed by atoms with Crippen molar-refractivity contribution in [1.82, 2.24) is 15.1 Å². The molecule has 0 saturated heterocycles. The highest BCUT2D eigenvalue weighted by Gasteiger charge is 2.49. The van der Waals surface area contributed by atoms with Crippen LogP contribution >= 0.6 is 34.8 Å². The molecule has 5 aliphatic rings. The molecule has 39 heavy (non-hydrogen) atoms.